The van der Waals surface area contributed by atoms with Crippen LogP contribution in [0.2, 0.25) is 0 Å². The van der Waals surface area contributed by atoms with E-state index in [1.165, 1.54) is 18.2 Å². The summed E-state index contributed by atoms with van der Waals surface area (Å²) in [6, 6.07) is 9.98. The number of alkyl halides is 3. The van der Waals surface area contributed by atoms with Crippen LogP contribution in [0, 0.1) is 0 Å². The van der Waals surface area contributed by atoms with Gasteiger partial charge in [-0.3, -0.25) is 0 Å². The van der Waals surface area contributed by atoms with Gasteiger partial charge in [-0.1, -0.05) is 18.2 Å². The molecule has 20 heavy (non-hydrogen) atoms. The number of hydrogen-bond acceptors (Lipinski definition) is 4. The number of aromatic nitrogens is 1. The van der Waals surface area contributed by atoms with Gasteiger partial charge in [0.15, 0.2) is 0 Å². The first kappa shape index (κ1) is 14.1. The van der Waals surface area contributed by atoms with Gasteiger partial charge in [0.05, 0.1) is 11.3 Å². The van der Waals surface area contributed by atoms with Crippen molar-refractivity contribution >= 4 is 5.82 Å². The Bertz CT molecular complexity index is 587. The third kappa shape index (κ3) is 3.39. The lowest BCUT2D eigenvalue weighted by Gasteiger charge is -2.13. The molecule has 106 valence electrons. The van der Waals surface area contributed by atoms with Crippen LogP contribution in [0.4, 0.5) is 19.0 Å². The van der Waals surface area contributed by atoms with Crippen molar-refractivity contribution in [3.63, 3.8) is 0 Å². The van der Waals surface area contributed by atoms with Gasteiger partial charge in [-0.05, 0) is 24.3 Å². The molecule has 2 rings (SSSR count). The molecule has 0 aliphatic heterocycles. The highest BCUT2D eigenvalue weighted by molar-refractivity contribution is 5.36. The Morgan fingerprint density at radius 2 is 1.85 bits per heavy atom. The monoisotopic (exact) mass is 283 g/mol. The number of rotatable bonds is 4. The van der Waals surface area contributed by atoms with Crippen LogP contribution in [-0.4, -0.2) is 4.98 Å². The van der Waals surface area contributed by atoms with Gasteiger partial charge in [-0.25, -0.2) is 10.8 Å². The third-order valence-corrected chi connectivity index (χ3v) is 2.52. The fourth-order valence-corrected chi connectivity index (χ4v) is 1.62. The van der Waals surface area contributed by atoms with Crippen molar-refractivity contribution in [2.45, 2.75) is 12.8 Å². The number of nitrogens with one attached hydrogen (secondary N) is 1. The highest BCUT2D eigenvalue weighted by Crippen LogP contribution is 2.36. The third-order valence-electron chi connectivity index (χ3n) is 2.52. The topological polar surface area (TPSA) is 60.2 Å². The number of para-hydroxylation sites is 1. The Kier molecular flexibility index (Phi) is 4.09. The number of hydrogen-bond donors (Lipinski definition) is 2. The van der Waals surface area contributed by atoms with Gasteiger partial charge in [0.25, 0.3) is 0 Å². The van der Waals surface area contributed by atoms with Crippen molar-refractivity contribution in [2.75, 3.05) is 5.43 Å². The number of nitrogens with two attached hydrogens (primary N) is 1. The average molecular weight is 283 g/mol. The predicted octanol–water partition coefficient (Wildman–Crippen LogP) is 2.97. The molecule has 0 atom stereocenters. The first-order valence-electron chi connectivity index (χ1n) is 5.72. The highest BCUT2D eigenvalue weighted by Gasteiger charge is 2.33. The van der Waals surface area contributed by atoms with E-state index in [0.29, 0.717) is 11.5 Å². The van der Waals surface area contributed by atoms with E-state index in [1.807, 2.05) is 0 Å². The minimum absolute atomic E-state index is 0.0807. The SMILES string of the molecule is NNc1cccc(COc2ccccc2C(F)(F)F)n1. The molecule has 0 saturated heterocycles. The summed E-state index contributed by atoms with van der Waals surface area (Å²) in [5.74, 6) is 5.39. The molecule has 4 nitrogen and oxygen atoms in total. The maximum absolute atomic E-state index is 12.8. The molecule has 0 unspecified atom stereocenters. The van der Waals surface area contributed by atoms with Crippen LogP contribution in [0.3, 0.4) is 0 Å². The van der Waals surface area contributed by atoms with Crippen molar-refractivity contribution in [3.8, 4) is 5.75 Å². The van der Waals surface area contributed by atoms with Gasteiger partial charge in [-0.15, -0.1) is 0 Å². The number of halogens is 3. The fraction of sp³-hybridized carbons (Fsp3) is 0.154. The van der Waals surface area contributed by atoms with Gasteiger partial charge in [0.2, 0.25) is 0 Å². The maximum Gasteiger partial charge on any atom is 0.419 e. The van der Waals surface area contributed by atoms with Crippen molar-refractivity contribution in [1.82, 2.24) is 4.98 Å². The zero-order valence-electron chi connectivity index (χ0n) is 10.3. The summed E-state index contributed by atoms with van der Waals surface area (Å²) in [7, 11) is 0. The summed E-state index contributed by atoms with van der Waals surface area (Å²) >= 11 is 0. The average Bonchev–Trinajstić information content (AvgIpc) is 2.44. The second-order valence-electron chi connectivity index (χ2n) is 3.94. The number of anilines is 1. The molecule has 1 aromatic heterocycles. The number of nitrogen functional groups attached to an aromatic ring is 1. The summed E-state index contributed by atoms with van der Waals surface area (Å²) in [6.07, 6.45) is -4.45. The van der Waals surface area contributed by atoms with Gasteiger partial charge in [0.1, 0.15) is 18.2 Å². The van der Waals surface area contributed by atoms with E-state index in [1.54, 1.807) is 18.2 Å². The summed E-state index contributed by atoms with van der Waals surface area (Å²) in [4.78, 5) is 4.06. The molecule has 0 spiro atoms. The van der Waals surface area contributed by atoms with Crippen LogP contribution >= 0.6 is 0 Å². The van der Waals surface area contributed by atoms with Gasteiger partial charge < -0.3 is 10.2 Å². The van der Waals surface area contributed by atoms with Crippen LogP contribution in [0.15, 0.2) is 42.5 Å². The lowest BCUT2D eigenvalue weighted by Crippen LogP contribution is -2.11. The number of nitrogens with zero attached hydrogens (tertiary/aromatic N) is 1. The molecule has 7 heteroatoms. The Balaban J connectivity index is 2.15. The van der Waals surface area contributed by atoms with E-state index in [0.717, 1.165) is 6.07 Å². The summed E-state index contributed by atoms with van der Waals surface area (Å²) in [6.45, 7) is -0.0807. The van der Waals surface area contributed by atoms with E-state index >= 15 is 0 Å². The quantitative estimate of drug-likeness (QED) is 0.669. The molecule has 0 aliphatic carbocycles. The minimum atomic E-state index is -4.45. The van der Waals surface area contributed by atoms with Crippen LogP contribution < -0.4 is 16.0 Å². The number of ether oxygens (including phenoxy) is 1. The number of pyridine rings is 1. The standard InChI is InChI=1S/C13H12F3N3O/c14-13(15,16)10-5-1-2-6-11(10)20-8-9-4-3-7-12(18-9)19-17/h1-7H,8,17H2,(H,18,19). The summed E-state index contributed by atoms with van der Waals surface area (Å²) in [5.41, 5.74) is 2.01. The van der Waals surface area contributed by atoms with E-state index < -0.39 is 11.7 Å². The van der Waals surface area contributed by atoms with Crippen LogP contribution in [0.1, 0.15) is 11.3 Å². The van der Waals surface area contributed by atoms with Crippen molar-refractivity contribution in [3.05, 3.63) is 53.7 Å². The second-order valence-corrected chi connectivity index (χ2v) is 3.94. The minimum Gasteiger partial charge on any atom is -0.487 e. The highest BCUT2D eigenvalue weighted by atomic mass is 19.4. The number of hydrazine groups is 1. The molecule has 0 amide bonds. The molecular formula is C13H12F3N3O. The Morgan fingerprint density at radius 3 is 2.55 bits per heavy atom. The zero-order valence-corrected chi connectivity index (χ0v) is 10.3. The lowest BCUT2D eigenvalue weighted by molar-refractivity contribution is -0.139. The molecule has 1 aromatic carbocycles. The summed E-state index contributed by atoms with van der Waals surface area (Å²) in [5, 5.41) is 0. The Morgan fingerprint density at radius 1 is 1.10 bits per heavy atom. The van der Waals surface area contributed by atoms with Gasteiger partial charge in [-0.2, -0.15) is 13.2 Å². The van der Waals surface area contributed by atoms with E-state index in [9.17, 15) is 13.2 Å². The van der Waals surface area contributed by atoms with Crippen molar-refractivity contribution in [2.24, 2.45) is 5.84 Å². The lowest BCUT2D eigenvalue weighted by atomic mass is 10.2. The molecule has 2 aromatic rings. The van der Waals surface area contributed by atoms with Crippen molar-refractivity contribution in [1.29, 1.82) is 0 Å². The number of benzene rings is 1. The van der Waals surface area contributed by atoms with Gasteiger partial charge in [0, 0.05) is 0 Å². The molecule has 1 heterocycles. The zero-order chi connectivity index (χ0) is 14.6. The molecule has 0 bridgehead atoms. The normalized spacial score (nSPS) is 11.2. The molecular weight excluding hydrogens is 271 g/mol. The fourth-order valence-electron chi connectivity index (χ4n) is 1.62. The molecule has 3 N–H and O–H groups in total. The van der Waals surface area contributed by atoms with E-state index in [-0.39, 0.29) is 12.4 Å². The molecule has 0 radical (unpaired) electrons. The Labute approximate surface area is 113 Å². The van der Waals surface area contributed by atoms with Crippen LogP contribution in [-0.2, 0) is 12.8 Å². The van der Waals surface area contributed by atoms with E-state index in [4.69, 9.17) is 10.6 Å². The first-order chi connectivity index (χ1) is 9.50. The van der Waals surface area contributed by atoms with Gasteiger partial charge >= 0.3 is 6.18 Å². The maximum atomic E-state index is 12.8. The molecule has 0 saturated carbocycles. The van der Waals surface area contributed by atoms with E-state index in [2.05, 4.69) is 10.4 Å². The first-order valence-corrected chi connectivity index (χ1v) is 5.72. The Hall–Kier alpha value is -2.28. The predicted molar refractivity (Wildman–Crippen MR) is 67.8 cm³/mol. The molecule has 0 fully saturated rings. The van der Waals surface area contributed by atoms with Crippen LogP contribution in [0.5, 0.6) is 5.75 Å². The summed E-state index contributed by atoms with van der Waals surface area (Å²) < 4.78 is 43.5. The second kappa shape index (κ2) is 5.79. The van der Waals surface area contributed by atoms with Crippen LogP contribution in [0.25, 0.3) is 0 Å². The van der Waals surface area contributed by atoms with Crippen molar-refractivity contribution < 1.29 is 17.9 Å². The largest absolute Gasteiger partial charge is 0.487 e. The smallest absolute Gasteiger partial charge is 0.419 e. The molecule has 0 aliphatic rings.